The molecular formula is C21H24N4O3. The van der Waals surface area contributed by atoms with Gasteiger partial charge < -0.3 is 14.8 Å². The SMILES string of the molecule is Cc1cc(-c2ccccc2OCC(=O)NCC2CCCO2)nc2cnn(C)c12. The number of pyridine rings is 1. The third kappa shape index (κ3) is 3.84. The van der Waals surface area contributed by atoms with E-state index in [0.717, 1.165) is 47.3 Å². The van der Waals surface area contributed by atoms with Crippen LogP contribution < -0.4 is 10.1 Å². The number of amides is 1. The van der Waals surface area contributed by atoms with E-state index in [4.69, 9.17) is 14.5 Å². The Hall–Kier alpha value is -2.93. The first-order valence-electron chi connectivity index (χ1n) is 9.51. The Balaban J connectivity index is 1.48. The molecule has 7 nitrogen and oxygen atoms in total. The van der Waals surface area contributed by atoms with E-state index < -0.39 is 0 Å². The van der Waals surface area contributed by atoms with E-state index >= 15 is 0 Å². The number of nitrogens with zero attached hydrogens (tertiary/aromatic N) is 3. The minimum atomic E-state index is -0.155. The van der Waals surface area contributed by atoms with Crippen LogP contribution in [0.3, 0.4) is 0 Å². The Bertz CT molecular complexity index is 992. The molecule has 0 aliphatic carbocycles. The summed E-state index contributed by atoms with van der Waals surface area (Å²) in [6, 6.07) is 9.64. The standard InChI is InChI=1S/C21H24N4O3/c1-14-10-17(24-18-12-23-25(2)21(14)18)16-7-3-4-8-19(16)28-13-20(26)22-11-15-6-5-9-27-15/h3-4,7-8,10,12,15H,5-6,9,11,13H2,1-2H3,(H,22,26). The fraction of sp³-hybridized carbons (Fsp3) is 0.381. The van der Waals surface area contributed by atoms with Gasteiger partial charge in [-0.1, -0.05) is 12.1 Å². The molecule has 1 aliphatic heterocycles. The van der Waals surface area contributed by atoms with Gasteiger partial charge in [-0.2, -0.15) is 5.10 Å². The number of hydrogen-bond donors (Lipinski definition) is 1. The summed E-state index contributed by atoms with van der Waals surface area (Å²) in [6.07, 6.45) is 3.92. The minimum Gasteiger partial charge on any atom is -0.483 e. The summed E-state index contributed by atoms with van der Waals surface area (Å²) in [4.78, 5) is 16.9. The summed E-state index contributed by atoms with van der Waals surface area (Å²) >= 11 is 0. The number of carbonyl (C=O) groups is 1. The maximum atomic E-state index is 12.1. The van der Waals surface area contributed by atoms with Crippen molar-refractivity contribution in [2.24, 2.45) is 7.05 Å². The Morgan fingerprint density at radius 1 is 1.39 bits per heavy atom. The van der Waals surface area contributed by atoms with E-state index in [-0.39, 0.29) is 18.6 Å². The predicted molar refractivity (Wildman–Crippen MR) is 106 cm³/mol. The van der Waals surface area contributed by atoms with E-state index in [1.165, 1.54) is 0 Å². The summed E-state index contributed by atoms with van der Waals surface area (Å²) in [5.41, 5.74) is 4.58. The van der Waals surface area contributed by atoms with Gasteiger partial charge in [-0.15, -0.1) is 0 Å². The molecule has 1 saturated heterocycles. The number of rotatable bonds is 6. The van der Waals surface area contributed by atoms with Crippen molar-refractivity contribution in [3.8, 4) is 17.0 Å². The molecule has 1 atom stereocenters. The number of aromatic nitrogens is 3. The highest BCUT2D eigenvalue weighted by Crippen LogP contribution is 2.31. The number of benzene rings is 1. The molecule has 3 aromatic rings. The summed E-state index contributed by atoms with van der Waals surface area (Å²) in [5.74, 6) is 0.474. The lowest BCUT2D eigenvalue weighted by atomic mass is 10.1. The number of ether oxygens (including phenoxy) is 2. The molecule has 3 heterocycles. The first kappa shape index (κ1) is 18.4. The van der Waals surface area contributed by atoms with Crippen molar-refractivity contribution in [3.05, 3.63) is 42.1 Å². The molecule has 0 radical (unpaired) electrons. The number of para-hydroxylation sites is 1. The second kappa shape index (κ2) is 7.98. The Kier molecular flexibility index (Phi) is 5.25. The third-order valence-electron chi connectivity index (χ3n) is 4.96. The highest BCUT2D eigenvalue weighted by molar-refractivity contribution is 5.83. The average Bonchev–Trinajstić information content (AvgIpc) is 3.35. The molecule has 146 valence electrons. The fourth-order valence-corrected chi connectivity index (χ4v) is 3.57. The first-order valence-corrected chi connectivity index (χ1v) is 9.51. The van der Waals surface area contributed by atoms with E-state index in [1.807, 2.05) is 49.0 Å². The van der Waals surface area contributed by atoms with Crippen LogP contribution >= 0.6 is 0 Å². The van der Waals surface area contributed by atoms with E-state index in [0.29, 0.717) is 12.3 Å². The van der Waals surface area contributed by atoms with Gasteiger partial charge in [0.25, 0.3) is 5.91 Å². The zero-order chi connectivity index (χ0) is 19.5. The number of aryl methyl sites for hydroxylation is 2. The van der Waals surface area contributed by atoms with Gasteiger partial charge in [0, 0.05) is 25.8 Å². The molecule has 1 N–H and O–H groups in total. The lowest BCUT2D eigenvalue weighted by Gasteiger charge is -2.13. The van der Waals surface area contributed by atoms with Crippen LogP contribution in [-0.4, -0.2) is 46.5 Å². The van der Waals surface area contributed by atoms with Gasteiger partial charge in [0.15, 0.2) is 6.61 Å². The normalized spacial score (nSPS) is 16.4. The minimum absolute atomic E-state index is 0.0438. The Morgan fingerprint density at radius 2 is 2.25 bits per heavy atom. The lowest BCUT2D eigenvalue weighted by Crippen LogP contribution is -2.35. The van der Waals surface area contributed by atoms with Crippen LogP contribution in [0.4, 0.5) is 0 Å². The van der Waals surface area contributed by atoms with Crippen LogP contribution in [-0.2, 0) is 16.6 Å². The Morgan fingerprint density at radius 3 is 3.07 bits per heavy atom. The zero-order valence-corrected chi connectivity index (χ0v) is 16.1. The maximum Gasteiger partial charge on any atom is 0.258 e. The number of nitrogens with one attached hydrogen (secondary N) is 1. The largest absolute Gasteiger partial charge is 0.483 e. The number of fused-ring (bicyclic) bond motifs is 1. The summed E-state index contributed by atoms with van der Waals surface area (Å²) < 4.78 is 13.2. The van der Waals surface area contributed by atoms with E-state index in [9.17, 15) is 4.79 Å². The molecule has 4 rings (SSSR count). The predicted octanol–water partition coefficient (Wildman–Crippen LogP) is 2.62. The molecule has 1 amide bonds. The smallest absolute Gasteiger partial charge is 0.258 e. The van der Waals surface area contributed by atoms with Gasteiger partial charge >= 0.3 is 0 Å². The molecule has 1 aromatic carbocycles. The van der Waals surface area contributed by atoms with Crippen molar-refractivity contribution in [2.75, 3.05) is 19.8 Å². The highest BCUT2D eigenvalue weighted by atomic mass is 16.5. The highest BCUT2D eigenvalue weighted by Gasteiger charge is 2.17. The second-order valence-corrected chi connectivity index (χ2v) is 7.05. The van der Waals surface area contributed by atoms with E-state index in [1.54, 1.807) is 6.20 Å². The van der Waals surface area contributed by atoms with Crippen molar-refractivity contribution in [1.82, 2.24) is 20.1 Å². The maximum absolute atomic E-state index is 12.1. The van der Waals surface area contributed by atoms with Gasteiger partial charge in [0.2, 0.25) is 0 Å². The zero-order valence-electron chi connectivity index (χ0n) is 16.1. The lowest BCUT2D eigenvalue weighted by molar-refractivity contribution is -0.123. The van der Waals surface area contributed by atoms with Crippen molar-refractivity contribution < 1.29 is 14.3 Å². The van der Waals surface area contributed by atoms with Crippen LogP contribution in [0.5, 0.6) is 5.75 Å². The van der Waals surface area contributed by atoms with Gasteiger partial charge in [-0.05, 0) is 43.5 Å². The van der Waals surface area contributed by atoms with Gasteiger partial charge in [0.05, 0.1) is 23.5 Å². The second-order valence-electron chi connectivity index (χ2n) is 7.05. The first-order chi connectivity index (χ1) is 13.6. The van der Waals surface area contributed by atoms with Gasteiger partial charge in [-0.3, -0.25) is 9.48 Å². The summed E-state index contributed by atoms with van der Waals surface area (Å²) in [6.45, 7) is 3.30. The molecule has 0 saturated carbocycles. The van der Waals surface area contributed by atoms with Crippen molar-refractivity contribution in [2.45, 2.75) is 25.9 Å². The molecule has 7 heteroatoms. The average molecular weight is 380 g/mol. The number of hydrogen-bond acceptors (Lipinski definition) is 5. The molecule has 0 bridgehead atoms. The quantitative estimate of drug-likeness (QED) is 0.711. The van der Waals surface area contributed by atoms with Crippen LogP contribution in [0.15, 0.2) is 36.5 Å². The van der Waals surface area contributed by atoms with Crippen molar-refractivity contribution in [1.29, 1.82) is 0 Å². The number of carbonyl (C=O) groups excluding carboxylic acids is 1. The monoisotopic (exact) mass is 380 g/mol. The molecule has 1 aliphatic rings. The molecular weight excluding hydrogens is 356 g/mol. The Labute approximate surface area is 163 Å². The van der Waals surface area contributed by atoms with Crippen LogP contribution in [0.1, 0.15) is 18.4 Å². The molecule has 0 spiro atoms. The van der Waals surface area contributed by atoms with Gasteiger partial charge in [-0.25, -0.2) is 4.98 Å². The fourth-order valence-electron chi connectivity index (χ4n) is 3.57. The van der Waals surface area contributed by atoms with Gasteiger partial charge in [0.1, 0.15) is 11.3 Å². The molecule has 28 heavy (non-hydrogen) atoms. The van der Waals surface area contributed by atoms with Crippen LogP contribution in [0.25, 0.3) is 22.3 Å². The summed E-state index contributed by atoms with van der Waals surface area (Å²) in [5, 5.41) is 7.16. The molecule has 1 fully saturated rings. The van der Waals surface area contributed by atoms with Crippen LogP contribution in [0.2, 0.25) is 0 Å². The van der Waals surface area contributed by atoms with Crippen molar-refractivity contribution >= 4 is 16.9 Å². The topological polar surface area (TPSA) is 78.3 Å². The van der Waals surface area contributed by atoms with Crippen LogP contribution in [0, 0.1) is 6.92 Å². The molecule has 2 aromatic heterocycles. The molecule has 1 unspecified atom stereocenters. The van der Waals surface area contributed by atoms with Crippen molar-refractivity contribution in [3.63, 3.8) is 0 Å². The third-order valence-corrected chi connectivity index (χ3v) is 4.96. The summed E-state index contributed by atoms with van der Waals surface area (Å²) in [7, 11) is 1.91. The van der Waals surface area contributed by atoms with E-state index in [2.05, 4.69) is 10.4 Å².